The minimum atomic E-state index is -0.463. The van der Waals surface area contributed by atoms with Crippen LogP contribution in [0.2, 0.25) is 0 Å². The van der Waals surface area contributed by atoms with Crippen molar-refractivity contribution in [3.63, 3.8) is 0 Å². The number of pyridine rings is 1. The minimum absolute atomic E-state index is 0.279. The topological polar surface area (TPSA) is 115 Å². The minimum Gasteiger partial charge on any atom is -0.493 e. The smallest absolute Gasteiger partial charge is 0.308 e. The maximum absolute atomic E-state index is 12.6. The Kier molecular flexibility index (Phi) is 7.85. The number of esters is 1. The van der Waals surface area contributed by atoms with Gasteiger partial charge < -0.3 is 20.1 Å². The Morgan fingerprint density at radius 2 is 1.86 bits per heavy atom. The van der Waals surface area contributed by atoms with Gasteiger partial charge in [-0.3, -0.25) is 14.6 Å². The number of rotatable bonds is 8. The Bertz CT molecular complexity index is 1450. The summed E-state index contributed by atoms with van der Waals surface area (Å²) in [4.78, 5) is 36.9. The van der Waals surface area contributed by atoms with E-state index in [4.69, 9.17) is 9.47 Å². The molecule has 0 fully saturated rings. The molecule has 0 spiro atoms. The summed E-state index contributed by atoms with van der Waals surface area (Å²) in [5.74, 6) is 0.341. The third kappa shape index (κ3) is 6.76. The number of aryl methyl sites for hydroxylation is 1. The summed E-state index contributed by atoms with van der Waals surface area (Å²) in [6, 6.07) is 16.1. The molecular formula is C28H25N5O4. The molecule has 1 amide bonds. The average molecular weight is 496 g/mol. The zero-order chi connectivity index (χ0) is 26.2. The molecule has 9 heteroatoms. The van der Waals surface area contributed by atoms with Crippen molar-refractivity contribution >= 4 is 35.3 Å². The van der Waals surface area contributed by atoms with Gasteiger partial charge >= 0.3 is 5.97 Å². The Balaban J connectivity index is 1.46. The molecule has 37 heavy (non-hydrogen) atoms. The van der Waals surface area contributed by atoms with Crippen molar-refractivity contribution in [3.05, 3.63) is 90.4 Å². The fraction of sp³-hybridized carbons (Fsp3) is 0.107. The summed E-state index contributed by atoms with van der Waals surface area (Å²) in [7, 11) is 1.49. The quantitative estimate of drug-likeness (QED) is 0.195. The third-order valence-corrected chi connectivity index (χ3v) is 5.23. The van der Waals surface area contributed by atoms with Crippen molar-refractivity contribution in [1.29, 1.82) is 0 Å². The predicted molar refractivity (Wildman–Crippen MR) is 142 cm³/mol. The molecule has 4 rings (SSSR count). The summed E-state index contributed by atoms with van der Waals surface area (Å²) in [6.45, 7) is 3.26. The molecule has 0 aliphatic heterocycles. The van der Waals surface area contributed by atoms with Gasteiger partial charge in [0.2, 0.25) is 11.9 Å². The number of hydrogen-bond donors (Lipinski definition) is 2. The van der Waals surface area contributed by atoms with Crippen molar-refractivity contribution in [2.75, 3.05) is 17.7 Å². The summed E-state index contributed by atoms with van der Waals surface area (Å²) < 4.78 is 10.4. The van der Waals surface area contributed by atoms with E-state index in [0.29, 0.717) is 22.9 Å². The zero-order valence-corrected chi connectivity index (χ0v) is 20.6. The van der Waals surface area contributed by atoms with Gasteiger partial charge in [0, 0.05) is 48.5 Å². The van der Waals surface area contributed by atoms with E-state index in [-0.39, 0.29) is 11.7 Å². The number of ether oxygens (including phenoxy) is 2. The van der Waals surface area contributed by atoms with E-state index in [0.717, 1.165) is 22.5 Å². The Morgan fingerprint density at radius 3 is 2.62 bits per heavy atom. The molecule has 0 radical (unpaired) electrons. The van der Waals surface area contributed by atoms with Crippen LogP contribution in [0.15, 0.2) is 79.3 Å². The summed E-state index contributed by atoms with van der Waals surface area (Å²) in [5.41, 5.74) is 4.61. The lowest BCUT2D eigenvalue weighted by molar-refractivity contribution is -0.132. The fourth-order valence-electron chi connectivity index (χ4n) is 3.44. The molecule has 0 bridgehead atoms. The molecule has 2 heterocycles. The van der Waals surface area contributed by atoms with Crippen LogP contribution in [0, 0.1) is 6.92 Å². The highest BCUT2D eigenvalue weighted by atomic mass is 16.6. The van der Waals surface area contributed by atoms with Crippen LogP contribution in [-0.4, -0.2) is 33.9 Å². The van der Waals surface area contributed by atoms with E-state index in [2.05, 4.69) is 25.6 Å². The second kappa shape index (κ2) is 11.6. The van der Waals surface area contributed by atoms with Gasteiger partial charge in [-0.05, 0) is 66.6 Å². The first kappa shape index (κ1) is 25.1. The molecular weight excluding hydrogens is 470 g/mol. The fourth-order valence-corrected chi connectivity index (χ4v) is 3.44. The molecule has 0 atom stereocenters. The van der Waals surface area contributed by atoms with Gasteiger partial charge in [0.25, 0.3) is 0 Å². The molecule has 2 N–H and O–H groups in total. The van der Waals surface area contributed by atoms with Crippen molar-refractivity contribution in [3.8, 4) is 22.8 Å². The van der Waals surface area contributed by atoms with Crippen LogP contribution in [0.3, 0.4) is 0 Å². The third-order valence-electron chi connectivity index (χ3n) is 5.23. The average Bonchev–Trinajstić information content (AvgIpc) is 2.90. The molecule has 9 nitrogen and oxygen atoms in total. The van der Waals surface area contributed by atoms with Gasteiger partial charge in [-0.1, -0.05) is 12.1 Å². The number of nitrogens with one attached hydrogen (secondary N) is 2. The van der Waals surface area contributed by atoms with Gasteiger partial charge in [0.1, 0.15) is 0 Å². The Labute approximate surface area is 214 Å². The predicted octanol–water partition coefficient (Wildman–Crippen LogP) is 5.18. The van der Waals surface area contributed by atoms with E-state index in [1.54, 1.807) is 42.9 Å². The highest BCUT2D eigenvalue weighted by Crippen LogP contribution is 2.29. The first-order valence-corrected chi connectivity index (χ1v) is 11.4. The van der Waals surface area contributed by atoms with Crippen LogP contribution in [0.5, 0.6) is 11.5 Å². The van der Waals surface area contributed by atoms with Crippen LogP contribution in [-0.2, 0) is 9.59 Å². The number of anilines is 3. The lowest BCUT2D eigenvalue weighted by Crippen LogP contribution is -2.08. The molecule has 0 aliphatic rings. The van der Waals surface area contributed by atoms with Crippen molar-refractivity contribution in [2.45, 2.75) is 13.8 Å². The van der Waals surface area contributed by atoms with E-state index in [1.165, 1.54) is 20.1 Å². The summed E-state index contributed by atoms with van der Waals surface area (Å²) in [5, 5.41) is 6.07. The number of hydrogen-bond acceptors (Lipinski definition) is 8. The number of aromatic nitrogens is 3. The molecule has 4 aromatic rings. The molecule has 0 unspecified atom stereocenters. The lowest BCUT2D eigenvalue weighted by Gasteiger charge is -2.11. The van der Waals surface area contributed by atoms with Gasteiger partial charge in [-0.2, -0.15) is 0 Å². The molecule has 0 saturated heterocycles. The molecule has 0 saturated carbocycles. The normalized spacial score (nSPS) is 10.7. The van der Waals surface area contributed by atoms with Gasteiger partial charge in [-0.25, -0.2) is 9.97 Å². The lowest BCUT2D eigenvalue weighted by atomic mass is 10.1. The maximum Gasteiger partial charge on any atom is 0.308 e. The van der Waals surface area contributed by atoms with Crippen LogP contribution in [0.4, 0.5) is 17.3 Å². The molecule has 186 valence electrons. The highest BCUT2D eigenvalue weighted by Gasteiger charge is 2.09. The largest absolute Gasteiger partial charge is 0.493 e. The number of nitrogens with zero attached hydrogens (tertiary/aromatic N) is 3. The standard InChI is InChI=1S/C28H25N5O4/c1-18-6-9-22(16-24(18)33-28-30-14-12-23(32-28)21-5-4-13-29-17-21)31-27(35)11-8-20-7-10-25(36-3)26(15-20)37-19(2)34/h4-17H,1-3H3,(H,31,35)(H,30,32,33)/b11-8+. The van der Waals surface area contributed by atoms with Crippen LogP contribution < -0.4 is 20.1 Å². The number of benzene rings is 2. The Hall–Kier alpha value is -5.05. The second-order valence-electron chi connectivity index (χ2n) is 7.99. The molecule has 0 aliphatic carbocycles. The number of carbonyl (C=O) groups excluding carboxylic acids is 2. The zero-order valence-electron chi connectivity index (χ0n) is 20.6. The van der Waals surface area contributed by atoms with Crippen molar-refractivity contribution < 1.29 is 19.1 Å². The Morgan fingerprint density at radius 1 is 1.00 bits per heavy atom. The SMILES string of the molecule is COc1ccc(/C=C/C(=O)Nc2ccc(C)c(Nc3nccc(-c4cccnc4)n3)c2)cc1OC(C)=O. The van der Waals surface area contributed by atoms with Gasteiger partial charge in [-0.15, -0.1) is 0 Å². The molecule has 2 aromatic heterocycles. The monoisotopic (exact) mass is 495 g/mol. The van der Waals surface area contributed by atoms with E-state index in [1.807, 2.05) is 43.3 Å². The van der Waals surface area contributed by atoms with Gasteiger partial charge in [0.05, 0.1) is 12.8 Å². The second-order valence-corrected chi connectivity index (χ2v) is 7.99. The number of methoxy groups -OCH3 is 1. The molecule has 2 aromatic carbocycles. The maximum atomic E-state index is 12.6. The number of amides is 1. The summed E-state index contributed by atoms with van der Waals surface area (Å²) in [6.07, 6.45) is 8.14. The van der Waals surface area contributed by atoms with Crippen molar-refractivity contribution in [2.24, 2.45) is 0 Å². The van der Waals surface area contributed by atoms with Crippen LogP contribution >= 0.6 is 0 Å². The van der Waals surface area contributed by atoms with E-state index < -0.39 is 5.97 Å². The van der Waals surface area contributed by atoms with Crippen LogP contribution in [0.25, 0.3) is 17.3 Å². The van der Waals surface area contributed by atoms with E-state index >= 15 is 0 Å². The first-order chi connectivity index (χ1) is 17.9. The number of carbonyl (C=O) groups is 2. The first-order valence-electron chi connectivity index (χ1n) is 11.4. The van der Waals surface area contributed by atoms with Crippen molar-refractivity contribution in [1.82, 2.24) is 15.0 Å². The van der Waals surface area contributed by atoms with Crippen LogP contribution in [0.1, 0.15) is 18.1 Å². The van der Waals surface area contributed by atoms with E-state index in [9.17, 15) is 9.59 Å². The summed E-state index contributed by atoms with van der Waals surface area (Å²) >= 11 is 0. The van der Waals surface area contributed by atoms with Gasteiger partial charge in [0.15, 0.2) is 11.5 Å². The highest BCUT2D eigenvalue weighted by molar-refractivity contribution is 6.02.